The molecule has 1 unspecified atom stereocenters. The van der Waals surface area contributed by atoms with Crippen LogP contribution in [0.5, 0.6) is 5.88 Å². The lowest BCUT2D eigenvalue weighted by atomic mass is 10.1. The van der Waals surface area contributed by atoms with Gasteiger partial charge in [-0.1, -0.05) is 6.07 Å². The number of aryl methyl sites for hydroxylation is 1. The largest absolute Gasteiger partial charge is 0.481 e. The molecule has 5 nitrogen and oxygen atoms in total. The number of pyridine rings is 1. The van der Waals surface area contributed by atoms with Gasteiger partial charge >= 0.3 is 0 Å². The molecular formula is C14H18N4O. The fourth-order valence-corrected chi connectivity index (χ4v) is 1.88. The summed E-state index contributed by atoms with van der Waals surface area (Å²) in [6.45, 7) is 3.88. The molecule has 0 spiro atoms. The van der Waals surface area contributed by atoms with Crippen LogP contribution >= 0.6 is 0 Å². The van der Waals surface area contributed by atoms with E-state index in [-0.39, 0.29) is 6.04 Å². The van der Waals surface area contributed by atoms with Gasteiger partial charge in [0, 0.05) is 42.2 Å². The first-order chi connectivity index (χ1) is 9.10. The molecule has 0 amide bonds. The zero-order chi connectivity index (χ0) is 13.8. The average molecular weight is 258 g/mol. The second-order valence-electron chi connectivity index (χ2n) is 4.50. The van der Waals surface area contributed by atoms with Crippen molar-refractivity contribution in [3.63, 3.8) is 0 Å². The van der Waals surface area contributed by atoms with Gasteiger partial charge in [0.1, 0.15) is 5.82 Å². The third-order valence-corrected chi connectivity index (χ3v) is 2.93. The molecule has 100 valence electrons. The van der Waals surface area contributed by atoms with E-state index in [1.165, 1.54) is 0 Å². The maximum Gasteiger partial charge on any atom is 0.212 e. The third kappa shape index (κ3) is 3.26. The minimum Gasteiger partial charge on any atom is -0.481 e. The van der Waals surface area contributed by atoms with Gasteiger partial charge in [0.25, 0.3) is 0 Å². The number of rotatable bonds is 4. The lowest BCUT2D eigenvalue weighted by molar-refractivity contribution is 0.397. The molecule has 0 aromatic carbocycles. The van der Waals surface area contributed by atoms with Gasteiger partial charge in [-0.25, -0.2) is 15.0 Å². The number of methoxy groups -OCH3 is 1. The van der Waals surface area contributed by atoms with Crippen LogP contribution in [0.2, 0.25) is 0 Å². The van der Waals surface area contributed by atoms with E-state index in [1.54, 1.807) is 19.5 Å². The van der Waals surface area contributed by atoms with Gasteiger partial charge in [-0.05, 0) is 19.4 Å². The molecule has 2 aromatic heterocycles. The highest BCUT2D eigenvalue weighted by atomic mass is 16.5. The molecule has 0 aliphatic rings. The van der Waals surface area contributed by atoms with Gasteiger partial charge in [0.2, 0.25) is 5.88 Å². The van der Waals surface area contributed by atoms with Crippen LogP contribution in [0.15, 0.2) is 24.5 Å². The minimum absolute atomic E-state index is 0.0447. The molecule has 2 heterocycles. The number of hydrogen-bond donors (Lipinski definition) is 1. The van der Waals surface area contributed by atoms with E-state index in [0.29, 0.717) is 12.3 Å². The van der Waals surface area contributed by atoms with E-state index in [9.17, 15) is 0 Å². The van der Waals surface area contributed by atoms with E-state index in [2.05, 4.69) is 15.0 Å². The van der Waals surface area contributed by atoms with Gasteiger partial charge in [0.05, 0.1) is 7.11 Å². The number of hydrogen-bond acceptors (Lipinski definition) is 5. The molecule has 0 bridgehead atoms. The van der Waals surface area contributed by atoms with Crippen molar-refractivity contribution in [2.24, 2.45) is 5.73 Å². The smallest absolute Gasteiger partial charge is 0.212 e. The highest BCUT2D eigenvalue weighted by Gasteiger charge is 2.08. The summed E-state index contributed by atoms with van der Waals surface area (Å²) >= 11 is 0. The van der Waals surface area contributed by atoms with Crippen molar-refractivity contribution >= 4 is 0 Å². The molecule has 2 rings (SSSR count). The van der Waals surface area contributed by atoms with Crippen molar-refractivity contribution in [1.82, 2.24) is 15.0 Å². The Morgan fingerprint density at radius 3 is 2.58 bits per heavy atom. The van der Waals surface area contributed by atoms with Crippen molar-refractivity contribution < 1.29 is 4.74 Å². The standard InChI is InChI=1S/C14H18N4O/c1-9(15)12-8-16-13(18-10(12)2)6-11-4-5-14(19-3)17-7-11/h4-5,7-9H,6,15H2,1-3H3. The molecule has 0 radical (unpaired) electrons. The average Bonchev–Trinajstić information content (AvgIpc) is 2.39. The van der Waals surface area contributed by atoms with Crippen LogP contribution in [-0.4, -0.2) is 22.1 Å². The summed E-state index contributed by atoms with van der Waals surface area (Å²) in [5, 5.41) is 0. The first kappa shape index (κ1) is 13.4. The van der Waals surface area contributed by atoms with Crippen molar-refractivity contribution in [2.75, 3.05) is 7.11 Å². The monoisotopic (exact) mass is 258 g/mol. The van der Waals surface area contributed by atoms with Gasteiger partial charge in [0.15, 0.2) is 0 Å². The van der Waals surface area contributed by atoms with E-state index in [4.69, 9.17) is 10.5 Å². The molecule has 2 N–H and O–H groups in total. The van der Waals surface area contributed by atoms with E-state index in [0.717, 1.165) is 22.6 Å². The summed E-state index contributed by atoms with van der Waals surface area (Å²) in [5.41, 5.74) is 8.81. The topological polar surface area (TPSA) is 73.9 Å². The zero-order valence-electron chi connectivity index (χ0n) is 11.4. The molecule has 19 heavy (non-hydrogen) atoms. The molecule has 0 aliphatic carbocycles. The summed E-state index contributed by atoms with van der Waals surface area (Å²) in [6.07, 6.45) is 4.23. The normalized spacial score (nSPS) is 12.2. The molecule has 0 aliphatic heterocycles. The van der Waals surface area contributed by atoms with E-state index >= 15 is 0 Å². The molecule has 5 heteroatoms. The number of nitrogens with two attached hydrogens (primary N) is 1. The Labute approximate surface area is 112 Å². The zero-order valence-corrected chi connectivity index (χ0v) is 11.4. The van der Waals surface area contributed by atoms with Crippen LogP contribution in [-0.2, 0) is 6.42 Å². The van der Waals surface area contributed by atoms with Crippen molar-refractivity contribution in [3.05, 3.63) is 47.2 Å². The van der Waals surface area contributed by atoms with Gasteiger partial charge in [-0.15, -0.1) is 0 Å². The first-order valence-electron chi connectivity index (χ1n) is 6.17. The molecular weight excluding hydrogens is 240 g/mol. The predicted octanol–water partition coefficient (Wildman–Crippen LogP) is 1.80. The molecule has 0 fully saturated rings. The van der Waals surface area contributed by atoms with Crippen molar-refractivity contribution in [3.8, 4) is 5.88 Å². The highest BCUT2D eigenvalue weighted by molar-refractivity contribution is 5.23. The Balaban J connectivity index is 2.16. The number of aromatic nitrogens is 3. The molecule has 0 saturated carbocycles. The van der Waals surface area contributed by atoms with Crippen LogP contribution < -0.4 is 10.5 Å². The Kier molecular flexibility index (Phi) is 4.06. The lowest BCUT2D eigenvalue weighted by Gasteiger charge is -2.09. The molecule has 0 saturated heterocycles. The SMILES string of the molecule is COc1ccc(Cc2ncc(C(C)N)c(C)n2)cn1. The van der Waals surface area contributed by atoms with Crippen LogP contribution in [0.25, 0.3) is 0 Å². The Morgan fingerprint density at radius 1 is 1.26 bits per heavy atom. The summed E-state index contributed by atoms with van der Waals surface area (Å²) in [5.74, 6) is 1.38. The Hall–Kier alpha value is -2.01. The van der Waals surface area contributed by atoms with E-state index < -0.39 is 0 Å². The fraction of sp³-hybridized carbons (Fsp3) is 0.357. The second-order valence-corrected chi connectivity index (χ2v) is 4.50. The lowest BCUT2D eigenvalue weighted by Crippen LogP contribution is -2.10. The van der Waals surface area contributed by atoms with Crippen molar-refractivity contribution in [2.45, 2.75) is 26.3 Å². The maximum atomic E-state index is 5.85. The summed E-state index contributed by atoms with van der Waals surface area (Å²) in [7, 11) is 1.60. The van der Waals surface area contributed by atoms with Crippen LogP contribution in [0, 0.1) is 6.92 Å². The predicted molar refractivity (Wildman–Crippen MR) is 73.0 cm³/mol. The highest BCUT2D eigenvalue weighted by Crippen LogP contribution is 2.14. The number of ether oxygens (including phenoxy) is 1. The Bertz CT molecular complexity index is 552. The minimum atomic E-state index is -0.0447. The quantitative estimate of drug-likeness (QED) is 0.905. The van der Waals surface area contributed by atoms with Gasteiger partial charge in [-0.3, -0.25) is 0 Å². The van der Waals surface area contributed by atoms with Crippen molar-refractivity contribution in [1.29, 1.82) is 0 Å². The molecule has 2 aromatic rings. The van der Waals surface area contributed by atoms with Gasteiger partial charge < -0.3 is 10.5 Å². The summed E-state index contributed by atoms with van der Waals surface area (Å²) in [4.78, 5) is 13.0. The van der Waals surface area contributed by atoms with Crippen LogP contribution in [0.3, 0.4) is 0 Å². The van der Waals surface area contributed by atoms with Gasteiger partial charge in [-0.2, -0.15) is 0 Å². The Morgan fingerprint density at radius 2 is 2.05 bits per heavy atom. The fourth-order valence-electron chi connectivity index (χ4n) is 1.88. The van der Waals surface area contributed by atoms with Crippen LogP contribution in [0.1, 0.15) is 35.6 Å². The second kappa shape index (κ2) is 5.75. The summed E-state index contributed by atoms with van der Waals surface area (Å²) in [6, 6.07) is 3.75. The van der Waals surface area contributed by atoms with Crippen LogP contribution in [0.4, 0.5) is 0 Å². The molecule has 1 atom stereocenters. The maximum absolute atomic E-state index is 5.85. The number of nitrogens with zero attached hydrogens (tertiary/aromatic N) is 3. The first-order valence-corrected chi connectivity index (χ1v) is 6.17. The summed E-state index contributed by atoms with van der Waals surface area (Å²) < 4.78 is 5.02. The van der Waals surface area contributed by atoms with E-state index in [1.807, 2.05) is 26.0 Å². The third-order valence-electron chi connectivity index (χ3n) is 2.93.